The Hall–Kier alpha value is -1.55. The van der Waals surface area contributed by atoms with Crippen LogP contribution in [0.25, 0.3) is 0 Å². The summed E-state index contributed by atoms with van der Waals surface area (Å²) in [7, 11) is 0. The van der Waals surface area contributed by atoms with Crippen molar-refractivity contribution in [2.45, 2.75) is 13.0 Å². The van der Waals surface area contributed by atoms with Crippen molar-refractivity contribution < 1.29 is 4.79 Å². The number of benzene rings is 2. The van der Waals surface area contributed by atoms with Gasteiger partial charge in [-0.2, -0.15) is 0 Å². The van der Waals surface area contributed by atoms with Gasteiger partial charge in [-0.15, -0.1) is 0 Å². The van der Waals surface area contributed by atoms with Crippen molar-refractivity contribution in [1.29, 1.82) is 0 Å². The van der Waals surface area contributed by atoms with Crippen molar-refractivity contribution in [3.05, 3.63) is 69.2 Å². The Kier molecular flexibility index (Phi) is 5.21. The summed E-state index contributed by atoms with van der Waals surface area (Å²) >= 11 is 12.0. The van der Waals surface area contributed by atoms with Gasteiger partial charge in [-0.25, -0.2) is 0 Å². The van der Waals surface area contributed by atoms with Crippen LogP contribution in [0.1, 0.15) is 21.5 Å². The van der Waals surface area contributed by atoms with Gasteiger partial charge in [0.2, 0.25) is 0 Å². The van der Waals surface area contributed by atoms with Crippen LogP contribution in [-0.4, -0.2) is 30.4 Å². The Bertz CT molecular complexity index is 718. The van der Waals surface area contributed by atoms with Crippen LogP contribution >= 0.6 is 23.2 Å². The molecule has 0 atom stereocenters. The fraction of sp³-hybridized carbons (Fsp3) is 0.278. The first-order valence-electron chi connectivity index (χ1n) is 7.66. The van der Waals surface area contributed by atoms with Crippen LogP contribution in [0.15, 0.2) is 42.5 Å². The molecule has 1 aliphatic heterocycles. The van der Waals surface area contributed by atoms with Crippen LogP contribution in [0.2, 0.25) is 10.0 Å². The lowest BCUT2D eigenvalue weighted by Crippen LogP contribution is -2.37. The fourth-order valence-electron chi connectivity index (χ4n) is 2.84. The smallest absolute Gasteiger partial charge is 0.252 e. The molecule has 3 rings (SSSR count). The van der Waals surface area contributed by atoms with Gasteiger partial charge < -0.3 is 5.32 Å². The molecule has 120 valence electrons. The van der Waals surface area contributed by atoms with Crippen LogP contribution in [0.3, 0.4) is 0 Å². The molecule has 1 amide bonds. The molecule has 1 aliphatic rings. The third-order valence-corrected chi connectivity index (χ3v) is 4.66. The molecule has 5 heteroatoms. The predicted molar refractivity (Wildman–Crippen MR) is 94.2 cm³/mol. The summed E-state index contributed by atoms with van der Waals surface area (Å²) in [5, 5.41) is 3.84. The number of carbonyl (C=O) groups is 1. The van der Waals surface area contributed by atoms with E-state index >= 15 is 0 Å². The number of amides is 1. The van der Waals surface area contributed by atoms with E-state index in [0.717, 1.165) is 26.1 Å². The van der Waals surface area contributed by atoms with Gasteiger partial charge >= 0.3 is 0 Å². The van der Waals surface area contributed by atoms with Gasteiger partial charge in [0.05, 0.1) is 10.6 Å². The first-order valence-corrected chi connectivity index (χ1v) is 8.41. The number of fused-ring (bicyclic) bond motifs is 1. The van der Waals surface area contributed by atoms with Crippen molar-refractivity contribution in [2.75, 3.05) is 19.6 Å². The molecule has 2 aromatic carbocycles. The van der Waals surface area contributed by atoms with Gasteiger partial charge in [0.1, 0.15) is 0 Å². The molecule has 0 saturated carbocycles. The minimum absolute atomic E-state index is 0.185. The number of carbonyl (C=O) groups excluding carboxylic acids is 1. The summed E-state index contributed by atoms with van der Waals surface area (Å²) in [6.45, 7) is 3.36. The Labute approximate surface area is 146 Å². The van der Waals surface area contributed by atoms with Gasteiger partial charge in [0.15, 0.2) is 0 Å². The van der Waals surface area contributed by atoms with Crippen molar-refractivity contribution in [1.82, 2.24) is 10.2 Å². The fourth-order valence-corrected chi connectivity index (χ4v) is 3.21. The van der Waals surface area contributed by atoms with E-state index in [1.807, 2.05) is 0 Å². The molecule has 2 aromatic rings. The molecule has 0 saturated heterocycles. The van der Waals surface area contributed by atoms with Gasteiger partial charge in [-0.1, -0.05) is 47.5 Å². The summed E-state index contributed by atoms with van der Waals surface area (Å²) in [4.78, 5) is 14.5. The van der Waals surface area contributed by atoms with Crippen LogP contribution < -0.4 is 5.32 Å². The van der Waals surface area contributed by atoms with E-state index in [0.29, 0.717) is 22.2 Å². The number of halogens is 2. The summed E-state index contributed by atoms with van der Waals surface area (Å²) in [5.74, 6) is -0.185. The molecule has 0 aliphatic carbocycles. The quantitative estimate of drug-likeness (QED) is 0.911. The van der Waals surface area contributed by atoms with Crippen molar-refractivity contribution in [3.8, 4) is 0 Å². The Morgan fingerprint density at radius 2 is 1.91 bits per heavy atom. The SMILES string of the molecule is O=C(NCCN1CCc2ccccc2C1)c1cc(Cl)ccc1Cl. The Balaban J connectivity index is 1.52. The first kappa shape index (κ1) is 16.3. The topological polar surface area (TPSA) is 32.3 Å². The lowest BCUT2D eigenvalue weighted by atomic mass is 10.00. The standard InChI is InChI=1S/C18H18Cl2N2O/c19-15-5-6-17(20)16(11-15)18(23)21-8-10-22-9-7-13-3-1-2-4-14(13)12-22/h1-6,11H,7-10,12H2,(H,21,23). The maximum absolute atomic E-state index is 12.2. The second kappa shape index (κ2) is 7.35. The number of nitrogens with one attached hydrogen (secondary N) is 1. The molecular weight excluding hydrogens is 331 g/mol. The normalized spacial score (nSPS) is 14.3. The maximum Gasteiger partial charge on any atom is 0.252 e. The van der Waals surface area contributed by atoms with Crippen LogP contribution in [-0.2, 0) is 13.0 Å². The van der Waals surface area contributed by atoms with Crippen LogP contribution in [0.5, 0.6) is 0 Å². The van der Waals surface area contributed by atoms with E-state index in [-0.39, 0.29) is 5.91 Å². The highest BCUT2D eigenvalue weighted by atomic mass is 35.5. The average molecular weight is 349 g/mol. The van der Waals surface area contributed by atoms with Gasteiger partial charge in [0.25, 0.3) is 5.91 Å². The number of hydrogen-bond donors (Lipinski definition) is 1. The van der Waals surface area contributed by atoms with E-state index < -0.39 is 0 Å². The minimum Gasteiger partial charge on any atom is -0.351 e. The first-order chi connectivity index (χ1) is 11.1. The molecule has 3 nitrogen and oxygen atoms in total. The molecule has 23 heavy (non-hydrogen) atoms. The second-order valence-corrected chi connectivity index (χ2v) is 6.52. The summed E-state index contributed by atoms with van der Waals surface area (Å²) < 4.78 is 0. The van der Waals surface area contributed by atoms with E-state index in [9.17, 15) is 4.79 Å². The summed E-state index contributed by atoms with van der Waals surface area (Å²) in [6, 6.07) is 13.4. The van der Waals surface area contributed by atoms with Crippen LogP contribution in [0, 0.1) is 0 Å². The number of rotatable bonds is 4. The Morgan fingerprint density at radius 3 is 2.74 bits per heavy atom. The molecule has 1 heterocycles. The molecule has 0 aromatic heterocycles. The molecule has 0 spiro atoms. The zero-order chi connectivity index (χ0) is 16.2. The van der Waals surface area contributed by atoms with Gasteiger partial charge in [-0.3, -0.25) is 9.69 Å². The summed E-state index contributed by atoms with van der Waals surface area (Å²) in [5.41, 5.74) is 3.23. The highest BCUT2D eigenvalue weighted by Gasteiger charge is 2.16. The third kappa shape index (κ3) is 4.05. The zero-order valence-corrected chi connectivity index (χ0v) is 14.2. The van der Waals surface area contributed by atoms with Crippen molar-refractivity contribution >= 4 is 29.1 Å². The minimum atomic E-state index is -0.185. The molecule has 1 N–H and O–H groups in total. The number of hydrogen-bond acceptors (Lipinski definition) is 2. The molecule has 0 bridgehead atoms. The van der Waals surface area contributed by atoms with Crippen molar-refractivity contribution in [3.63, 3.8) is 0 Å². The van der Waals surface area contributed by atoms with E-state index in [1.165, 1.54) is 11.1 Å². The van der Waals surface area contributed by atoms with Gasteiger partial charge in [-0.05, 0) is 35.7 Å². The van der Waals surface area contributed by atoms with Crippen LogP contribution in [0.4, 0.5) is 0 Å². The van der Waals surface area contributed by atoms with Gasteiger partial charge in [0, 0.05) is 31.2 Å². The molecule has 0 unspecified atom stereocenters. The highest BCUT2D eigenvalue weighted by molar-refractivity contribution is 6.35. The third-order valence-electron chi connectivity index (χ3n) is 4.10. The molecule has 0 radical (unpaired) electrons. The largest absolute Gasteiger partial charge is 0.351 e. The van der Waals surface area contributed by atoms with E-state index in [1.54, 1.807) is 18.2 Å². The molecular formula is C18H18Cl2N2O. The zero-order valence-electron chi connectivity index (χ0n) is 12.7. The predicted octanol–water partition coefficient (Wildman–Crippen LogP) is 3.78. The lowest BCUT2D eigenvalue weighted by Gasteiger charge is -2.28. The van der Waals surface area contributed by atoms with E-state index in [2.05, 4.69) is 34.5 Å². The van der Waals surface area contributed by atoms with E-state index in [4.69, 9.17) is 23.2 Å². The Morgan fingerprint density at radius 1 is 1.13 bits per heavy atom. The lowest BCUT2D eigenvalue weighted by molar-refractivity contribution is 0.0947. The van der Waals surface area contributed by atoms with Crippen molar-refractivity contribution in [2.24, 2.45) is 0 Å². The number of nitrogens with zero attached hydrogens (tertiary/aromatic N) is 1. The average Bonchev–Trinajstić information content (AvgIpc) is 2.57. The monoisotopic (exact) mass is 348 g/mol. The highest BCUT2D eigenvalue weighted by Crippen LogP contribution is 2.20. The second-order valence-electron chi connectivity index (χ2n) is 5.67. The summed E-state index contributed by atoms with van der Waals surface area (Å²) in [6.07, 6.45) is 1.06. The molecule has 0 fully saturated rings. The maximum atomic E-state index is 12.2.